The summed E-state index contributed by atoms with van der Waals surface area (Å²) in [6.45, 7) is 1.41. The fourth-order valence-electron chi connectivity index (χ4n) is 4.06. The van der Waals surface area contributed by atoms with Crippen LogP contribution in [0.5, 0.6) is 5.75 Å². The number of hydrogen-bond donors (Lipinski definition) is 2. The molecule has 0 fully saturated rings. The van der Waals surface area contributed by atoms with Crippen LogP contribution in [-0.4, -0.2) is 23.6 Å². The van der Waals surface area contributed by atoms with Crippen LogP contribution in [0.15, 0.2) is 51.7 Å². The van der Waals surface area contributed by atoms with Gasteiger partial charge in [-0.1, -0.05) is 30.3 Å². The first-order chi connectivity index (χ1) is 15.0. The number of carbonyl (C=O) groups is 2. The molecule has 31 heavy (non-hydrogen) atoms. The maximum absolute atomic E-state index is 12.4. The van der Waals surface area contributed by atoms with E-state index in [1.165, 1.54) is 0 Å². The standard InChI is InChI=1S/C24H23NO6/c1-14-19(12-11-17-16-9-5-6-10-18(16)24(29)31-22(14)17)30-13-20(26)25-21(23(27)28)15-7-3-2-4-8-15/h2-4,7-8,11-12,21H,5-6,9-10,13H2,1H3,(H,25,26)(H,27,28). The molecule has 7 nitrogen and oxygen atoms in total. The molecule has 1 aliphatic carbocycles. The monoisotopic (exact) mass is 421 g/mol. The van der Waals surface area contributed by atoms with Crippen molar-refractivity contribution in [2.75, 3.05) is 6.61 Å². The van der Waals surface area contributed by atoms with Gasteiger partial charge in [0.2, 0.25) is 0 Å². The Labute approximate surface area is 178 Å². The number of hydrogen-bond acceptors (Lipinski definition) is 5. The Morgan fingerprint density at radius 1 is 1.10 bits per heavy atom. The molecule has 3 aromatic rings. The molecular formula is C24H23NO6. The normalized spacial score (nSPS) is 14.0. The highest BCUT2D eigenvalue weighted by Gasteiger charge is 2.23. The Kier molecular flexibility index (Phi) is 5.75. The molecule has 0 saturated heterocycles. The largest absolute Gasteiger partial charge is 0.483 e. The number of nitrogens with one attached hydrogen (secondary N) is 1. The van der Waals surface area contributed by atoms with E-state index >= 15 is 0 Å². The molecule has 1 amide bonds. The third-order valence-electron chi connectivity index (χ3n) is 5.63. The van der Waals surface area contributed by atoms with Crippen molar-refractivity contribution in [2.24, 2.45) is 0 Å². The minimum absolute atomic E-state index is 0.313. The quantitative estimate of drug-likeness (QED) is 0.592. The second-order valence-corrected chi connectivity index (χ2v) is 7.66. The van der Waals surface area contributed by atoms with Gasteiger partial charge in [-0.3, -0.25) is 4.79 Å². The number of rotatable bonds is 6. The number of amides is 1. The summed E-state index contributed by atoms with van der Waals surface area (Å²) in [6.07, 6.45) is 3.60. The second kappa shape index (κ2) is 8.63. The van der Waals surface area contributed by atoms with Gasteiger partial charge in [-0.05, 0) is 55.9 Å². The molecule has 0 spiro atoms. The fraction of sp³-hybridized carbons (Fsp3) is 0.292. The Balaban J connectivity index is 1.52. The lowest BCUT2D eigenvalue weighted by Gasteiger charge is -2.18. The summed E-state index contributed by atoms with van der Waals surface area (Å²) >= 11 is 0. The van der Waals surface area contributed by atoms with E-state index in [2.05, 4.69) is 5.32 Å². The van der Waals surface area contributed by atoms with Gasteiger partial charge < -0.3 is 19.6 Å². The predicted octanol–water partition coefficient (Wildman–Crippen LogP) is 3.30. The van der Waals surface area contributed by atoms with Crippen LogP contribution in [-0.2, 0) is 22.4 Å². The average Bonchev–Trinajstić information content (AvgIpc) is 2.78. The highest BCUT2D eigenvalue weighted by molar-refractivity contribution is 5.87. The first kappa shape index (κ1) is 20.7. The van der Waals surface area contributed by atoms with Crippen LogP contribution in [0.1, 0.15) is 41.1 Å². The summed E-state index contributed by atoms with van der Waals surface area (Å²) in [5, 5.41) is 12.8. The van der Waals surface area contributed by atoms with E-state index in [9.17, 15) is 19.5 Å². The molecule has 0 aliphatic heterocycles. The Morgan fingerprint density at radius 2 is 1.81 bits per heavy atom. The van der Waals surface area contributed by atoms with Crippen molar-refractivity contribution in [3.05, 3.63) is 75.1 Å². The zero-order valence-electron chi connectivity index (χ0n) is 17.1. The lowest BCUT2D eigenvalue weighted by atomic mass is 9.90. The average molecular weight is 421 g/mol. The molecule has 1 unspecified atom stereocenters. The minimum atomic E-state index is -1.17. The van der Waals surface area contributed by atoms with Crippen molar-refractivity contribution in [3.63, 3.8) is 0 Å². The highest BCUT2D eigenvalue weighted by atomic mass is 16.5. The summed E-state index contributed by atoms with van der Waals surface area (Å²) in [7, 11) is 0. The van der Waals surface area contributed by atoms with Crippen LogP contribution in [0.4, 0.5) is 0 Å². The van der Waals surface area contributed by atoms with E-state index < -0.39 is 17.9 Å². The van der Waals surface area contributed by atoms with Crippen LogP contribution < -0.4 is 15.7 Å². The van der Waals surface area contributed by atoms with Crippen molar-refractivity contribution in [2.45, 2.75) is 38.6 Å². The van der Waals surface area contributed by atoms with Crippen molar-refractivity contribution >= 4 is 22.8 Å². The van der Waals surface area contributed by atoms with Gasteiger partial charge in [0.15, 0.2) is 12.6 Å². The van der Waals surface area contributed by atoms with Crippen molar-refractivity contribution in [1.82, 2.24) is 5.32 Å². The molecule has 0 bridgehead atoms. The van der Waals surface area contributed by atoms with Gasteiger partial charge in [0.1, 0.15) is 11.3 Å². The Hall–Kier alpha value is -3.61. The van der Waals surface area contributed by atoms with Crippen LogP contribution in [0.2, 0.25) is 0 Å². The summed E-state index contributed by atoms with van der Waals surface area (Å²) in [6, 6.07) is 10.9. The lowest BCUT2D eigenvalue weighted by molar-refractivity contribution is -0.142. The number of carboxylic acids is 1. The predicted molar refractivity (Wildman–Crippen MR) is 114 cm³/mol. The summed E-state index contributed by atoms with van der Waals surface area (Å²) in [4.78, 5) is 36.3. The number of aliphatic carboxylic acids is 1. The Morgan fingerprint density at radius 3 is 2.52 bits per heavy atom. The molecule has 2 aromatic carbocycles. The van der Waals surface area contributed by atoms with Crippen molar-refractivity contribution < 1.29 is 23.8 Å². The van der Waals surface area contributed by atoms with E-state index in [1.807, 2.05) is 6.07 Å². The molecule has 1 aromatic heterocycles. The number of benzene rings is 2. The first-order valence-corrected chi connectivity index (χ1v) is 10.2. The van der Waals surface area contributed by atoms with E-state index in [1.54, 1.807) is 43.3 Å². The van der Waals surface area contributed by atoms with Gasteiger partial charge in [-0.25, -0.2) is 9.59 Å². The molecular weight excluding hydrogens is 398 g/mol. The first-order valence-electron chi connectivity index (χ1n) is 10.2. The van der Waals surface area contributed by atoms with E-state index in [0.717, 1.165) is 42.2 Å². The number of carbonyl (C=O) groups excluding carboxylic acids is 1. The molecule has 1 aliphatic rings. The van der Waals surface area contributed by atoms with E-state index in [0.29, 0.717) is 22.5 Å². The number of carboxylic acid groups (broad SMARTS) is 1. The molecule has 7 heteroatoms. The van der Waals surface area contributed by atoms with Crippen LogP contribution in [0, 0.1) is 6.92 Å². The molecule has 1 heterocycles. The summed E-state index contributed by atoms with van der Waals surface area (Å²) in [5.41, 5.74) is 3.05. The topological polar surface area (TPSA) is 106 Å². The lowest BCUT2D eigenvalue weighted by Crippen LogP contribution is -2.36. The second-order valence-electron chi connectivity index (χ2n) is 7.66. The SMILES string of the molecule is Cc1c(OCC(=O)NC(C(=O)O)c2ccccc2)ccc2c3c(c(=O)oc12)CCCC3. The maximum Gasteiger partial charge on any atom is 0.339 e. The molecule has 2 N–H and O–H groups in total. The number of ether oxygens (including phenoxy) is 1. The number of aryl methyl sites for hydroxylation is 2. The third-order valence-corrected chi connectivity index (χ3v) is 5.63. The van der Waals surface area contributed by atoms with Gasteiger partial charge in [-0.2, -0.15) is 0 Å². The number of fused-ring (bicyclic) bond motifs is 3. The summed E-state index contributed by atoms with van der Waals surface area (Å²) < 4.78 is 11.2. The molecule has 1 atom stereocenters. The van der Waals surface area contributed by atoms with Gasteiger partial charge in [0.05, 0.1) is 0 Å². The van der Waals surface area contributed by atoms with Crippen molar-refractivity contribution in [1.29, 1.82) is 0 Å². The van der Waals surface area contributed by atoms with Gasteiger partial charge in [0, 0.05) is 16.5 Å². The van der Waals surface area contributed by atoms with Gasteiger partial charge in [-0.15, -0.1) is 0 Å². The summed E-state index contributed by atoms with van der Waals surface area (Å²) in [5.74, 6) is -1.32. The van der Waals surface area contributed by atoms with E-state index in [4.69, 9.17) is 9.15 Å². The molecule has 4 rings (SSSR count). The van der Waals surface area contributed by atoms with Crippen LogP contribution >= 0.6 is 0 Å². The fourth-order valence-corrected chi connectivity index (χ4v) is 4.06. The third kappa shape index (κ3) is 4.17. The smallest absolute Gasteiger partial charge is 0.339 e. The van der Waals surface area contributed by atoms with Gasteiger partial charge >= 0.3 is 11.6 Å². The zero-order chi connectivity index (χ0) is 22.0. The van der Waals surface area contributed by atoms with Crippen LogP contribution in [0.3, 0.4) is 0 Å². The molecule has 0 radical (unpaired) electrons. The van der Waals surface area contributed by atoms with Crippen LogP contribution in [0.25, 0.3) is 11.0 Å². The highest BCUT2D eigenvalue weighted by Crippen LogP contribution is 2.32. The van der Waals surface area contributed by atoms with Gasteiger partial charge in [0.25, 0.3) is 5.91 Å². The maximum atomic E-state index is 12.4. The minimum Gasteiger partial charge on any atom is -0.483 e. The van der Waals surface area contributed by atoms with Crippen molar-refractivity contribution in [3.8, 4) is 5.75 Å². The van der Waals surface area contributed by atoms with E-state index in [-0.39, 0.29) is 12.2 Å². The molecule has 0 saturated carbocycles. The molecule has 160 valence electrons. The zero-order valence-corrected chi connectivity index (χ0v) is 17.1. The Bertz CT molecular complexity index is 1200.